The second-order valence-corrected chi connectivity index (χ2v) is 5.39. The van der Waals surface area contributed by atoms with E-state index in [0.29, 0.717) is 0 Å². The Bertz CT molecular complexity index is 304. The van der Waals surface area contributed by atoms with Crippen molar-refractivity contribution < 1.29 is 0 Å². The molecule has 1 atom stereocenters. The van der Waals surface area contributed by atoms with E-state index >= 15 is 0 Å². The molecule has 1 aromatic rings. The van der Waals surface area contributed by atoms with Crippen LogP contribution >= 0.6 is 0 Å². The Morgan fingerprint density at radius 2 is 2.12 bits per heavy atom. The van der Waals surface area contributed by atoms with Crippen LogP contribution in [-0.2, 0) is 13.5 Å². The molecule has 17 heavy (non-hydrogen) atoms. The Kier molecular flexibility index (Phi) is 6.27. The van der Waals surface area contributed by atoms with Gasteiger partial charge in [0.25, 0.3) is 0 Å². The van der Waals surface area contributed by atoms with Gasteiger partial charge in [-0.3, -0.25) is 4.68 Å². The monoisotopic (exact) mass is 237 g/mol. The summed E-state index contributed by atoms with van der Waals surface area (Å²) in [5, 5.41) is 7.76. The van der Waals surface area contributed by atoms with Gasteiger partial charge in [0.2, 0.25) is 0 Å². The molecule has 0 bridgehead atoms. The predicted molar refractivity (Wildman–Crippen MR) is 73.0 cm³/mol. The van der Waals surface area contributed by atoms with Gasteiger partial charge in [0, 0.05) is 13.2 Å². The van der Waals surface area contributed by atoms with Gasteiger partial charge < -0.3 is 5.32 Å². The van der Waals surface area contributed by atoms with E-state index < -0.39 is 0 Å². The lowest BCUT2D eigenvalue weighted by Gasteiger charge is -2.16. The minimum atomic E-state index is 0.742. The van der Waals surface area contributed by atoms with Gasteiger partial charge in [-0.25, -0.2) is 0 Å². The lowest BCUT2D eigenvalue weighted by atomic mass is 9.98. The number of hydrogen-bond acceptors (Lipinski definition) is 2. The summed E-state index contributed by atoms with van der Waals surface area (Å²) < 4.78 is 1.88. The third kappa shape index (κ3) is 5.87. The maximum Gasteiger partial charge on any atom is 0.0521 e. The molecule has 1 N–H and O–H groups in total. The Morgan fingerprint density at radius 1 is 1.35 bits per heavy atom. The van der Waals surface area contributed by atoms with E-state index in [1.54, 1.807) is 0 Å². The standard InChI is InChI=1S/C14H27N3/c1-5-13(9-15-8-12(2)3)6-7-14-10-16-17(4)11-14/h10-13,15H,5-9H2,1-4H3. The van der Waals surface area contributed by atoms with Crippen molar-refractivity contribution in [3.8, 4) is 0 Å². The largest absolute Gasteiger partial charge is 0.316 e. The summed E-state index contributed by atoms with van der Waals surface area (Å²) in [7, 11) is 1.98. The minimum absolute atomic E-state index is 0.742. The average Bonchev–Trinajstić information content (AvgIpc) is 2.69. The number of aryl methyl sites for hydroxylation is 2. The van der Waals surface area contributed by atoms with Crippen LogP contribution in [0.25, 0.3) is 0 Å². The second kappa shape index (κ2) is 7.49. The van der Waals surface area contributed by atoms with Gasteiger partial charge in [-0.2, -0.15) is 5.10 Å². The van der Waals surface area contributed by atoms with E-state index in [4.69, 9.17) is 0 Å². The van der Waals surface area contributed by atoms with Crippen LogP contribution in [-0.4, -0.2) is 22.9 Å². The van der Waals surface area contributed by atoms with E-state index in [1.807, 2.05) is 17.9 Å². The van der Waals surface area contributed by atoms with Crippen LogP contribution in [0.1, 0.15) is 39.2 Å². The van der Waals surface area contributed by atoms with Crippen molar-refractivity contribution in [2.45, 2.75) is 40.0 Å². The zero-order chi connectivity index (χ0) is 12.7. The molecule has 98 valence electrons. The quantitative estimate of drug-likeness (QED) is 0.753. The van der Waals surface area contributed by atoms with Crippen molar-refractivity contribution in [3.05, 3.63) is 18.0 Å². The molecule has 1 aromatic heterocycles. The predicted octanol–water partition coefficient (Wildman–Crippen LogP) is 2.62. The molecular weight excluding hydrogens is 210 g/mol. The van der Waals surface area contributed by atoms with E-state index in [1.165, 1.54) is 18.4 Å². The molecule has 3 heteroatoms. The maximum atomic E-state index is 4.21. The first kappa shape index (κ1) is 14.2. The fourth-order valence-electron chi connectivity index (χ4n) is 2.00. The zero-order valence-electron chi connectivity index (χ0n) is 11.7. The first-order chi connectivity index (χ1) is 8.11. The van der Waals surface area contributed by atoms with Gasteiger partial charge in [0.05, 0.1) is 6.20 Å². The molecule has 1 heterocycles. The highest BCUT2D eigenvalue weighted by atomic mass is 15.2. The first-order valence-corrected chi connectivity index (χ1v) is 6.80. The highest BCUT2D eigenvalue weighted by Crippen LogP contribution is 2.12. The first-order valence-electron chi connectivity index (χ1n) is 6.80. The van der Waals surface area contributed by atoms with Gasteiger partial charge in [-0.15, -0.1) is 0 Å². The number of hydrogen-bond donors (Lipinski definition) is 1. The normalized spacial score (nSPS) is 13.2. The highest BCUT2D eigenvalue weighted by molar-refractivity contribution is 5.03. The van der Waals surface area contributed by atoms with Crippen molar-refractivity contribution in [1.82, 2.24) is 15.1 Å². The van der Waals surface area contributed by atoms with Crippen LogP contribution in [0.5, 0.6) is 0 Å². The summed E-state index contributed by atoms with van der Waals surface area (Å²) >= 11 is 0. The summed E-state index contributed by atoms with van der Waals surface area (Å²) in [6.45, 7) is 9.07. The van der Waals surface area contributed by atoms with Crippen LogP contribution in [0.2, 0.25) is 0 Å². The number of nitrogens with one attached hydrogen (secondary N) is 1. The zero-order valence-corrected chi connectivity index (χ0v) is 11.7. The number of rotatable bonds is 8. The molecule has 1 rings (SSSR count). The van der Waals surface area contributed by atoms with Crippen LogP contribution in [0.3, 0.4) is 0 Å². The number of aromatic nitrogens is 2. The Labute approximate surface area is 106 Å². The third-order valence-corrected chi connectivity index (χ3v) is 3.16. The molecule has 0 aliphatic heterocycles. The molecule has 1 unspecified atom stereocenters. The van der Waals surface area contributed by atoms with E-state index in [9.17, 15) is 0 Å². The Morgan fingerprint density at radius 3 is 2.65 bits per heavy atom. The fourth-order valence-corrected chi connectivity index (χ4v) is 2.00. The van der Waals surface area contributed by atoms with Gasteiger partial charge in [-0.1, -0.05) is 27.2 Å². The third-order valence-electron chi connectivity index (χ3n) is 3.16. The van der Waals surface area contributed by atoms with Crippen molar-refractivity contribution in [2.24, 2.45) is 18.9 Å². The van der Waals surface area contributed by atoms with Crippen LogP contribution in [0.4, 0.5) is 0 Å². The molecule has 0 aromatic carbocycles. The lowest BCUT2D eigenvalue weighted by molar-refractivity contribution is 0.417. The molecule has 0 saturated carbocycles. The summed E-state index contributed by atoms with van der Waals surface area (Å²) in [6.07, 6.45) is 7.76. The van der Waals surface area contributed by atoms with Gasteiger partial charge in [0.1, 0.15) is 0 Å². The molecule has 0 aliphatic rings. The van der Waals surface area contributed by atoms with Crippen LogP contribution < -0.4 is 5.32 Å². The lowest BCUT2D eigenvalue weighted by Crippen LogP contribution is -2.26. The SMILES string of the molecule is CCC(CCc1cnn(C)c1)CNCC(C)C. The molecule has 0 radical (unpaired) electrons. The molecule has 0 saturated heterocycles. The van der Waals surface area contributed by atoms with Crippen LogP contribution in [0.15, 0.2) is 12.4 Å². The maximum absolute atomic E-state index is 4.21. The Balaban J connectivity index is 2.22. The smallest absolute Gasteiger partial charge is 0.0521 e. The highest BCUT2D eigenvalue weighted by Gasteiger charge is 2.07. The molecular formula is C14H27N3. The summed E-state index contributed by atoms with van der Waals surface area (Å²) in [5.41, 5.74) is 1.36. The van der Waals surface area contributed by atoms with Crippen molar-refractivity contribution >= 4 is 0 Å². The van der Waals surface area contributed by atoms with Crippen LogP contribution in [0, 0.1) is 11.8 Å². The molecule has 0 aliphatic carbocycles. The average molecular weight is 237 g/mol. The van der Waals surface area contributed by atoms with E-state index in [2.05, 4.69) is 37.4 Å². The van der Waals surface area contributed by atoms with Crippen molar-refractivity contribution in [2.75, 3.05) is 13.1 Å². The second-order valence-electron chi connectivity index (χ2n) is 5.39. The fraction of sp³-hybridized carbons (Fsp3) is 0.786. The summed E-state index contributed by atoms with van der Waals surface area (Å²) in [5.74, 6) is 1.53. The van der Waals surface area contributed by atoms with E-state index in [-0.39, 0.29) is 0 Å². The van der Waals surface area contributed by atoms with E-state index in [0.717, 1.165) is 31.3 Å². The Hall–Kier alpha value is -0.830. The topological polar surface area (TPSA) is 29.9 Å². The summed E-state index contributed by atoms with van der Waals surface area (Å²) in [6, 6.07) is 0. The van der Waals surface area contributed by atoms with Crippen molar-refractivity contribution in [1.29, 1.82) is 0 Å². The summed E-state index contributed by atoms with van der Waals surface area (Å²) in [4.78, 5) is 0. The molecule has 0 spiro atoms. The van der Waals surface area contributed by atoms with Gasteiger partial charge >= 0.3 is 0 Å². The van der Waals surface area contributed by atoms with Gasteiger partial charge in [-0.05, 0) is 43.3 Å². The molecule has 3 nitrogen and oxygen atoms in total. The molecule has 0 fully saturated rings. The minimum Gasteiger partial charge on any atom is -0.316 e. The van der Waals surface area contributed by atoms with Gasteiger partial charge in [0.15, 0.2) is 0 Å². The molecule has 0 amide bonds. The van der Waals surface area contributed by atoms with Crippen molar-refractivity contribution in [3.63, 3.8) is 0 Å². The number of nitrogens with zero attached hydrogens (tertiary/aromatic N) is 2.